The van der Waals surface area contributed by atoms with E-state index in [2.05, 4.69) is 0 Å². The standard InChI is InChI=1S/C13H11BClFO2S/c15-10-2-1-3-11(7-10)19-8-9-4-5-13(16)12(6-9)14(17)18/h1-7,17-18H,8H2. The summed E-state index contributed by atoms with van der Waals surface area (Å²) in [6.07, 6.45) is 0. The molecule has 0 aromatic heterocycles. The van der Waals surface area contributed by atoms with Crippen LogP contribution >= 0.6 is 23.4 Å². The Labute approximate surface area is 120 Å². The van der Waals surface area contributed by atoms with E-state index in [4.69, 9.17) is 21.6 Å². The summed E-state index contributed by atoms with van der Waals surface area (Å²) < 4.78 is 13.3. The molecule has 19 heavy (non-hydrogen) atoms. The highest BCUT2D eigenvalue weighted by atomic mass is 35.5. The first-order valence-electron chi connectivity index (χ1n) is 5.59. The summed E-state index contributed by atoms with van der Waals surface area (Å²) in [5.74, 6) is -0.0214. The molecule has 2 aromatic carbocycles. The molecular formula is C13H11BClFO2S. The van der Waals surface area contributed by atoms with Crippen molar-refractivity contribution in [3.63, 3.8) is 0 Å². The van der Waals surface area contributed by atoms with Crippen LogP contribution in [0.15, 0.2) is 47.4 Å². The van der Waals surface area contributed by atoms with Crippen LogP contribution in [0.1, 0.15) is 5.56 Å². The summed E-state index contributed by atoms with van der Waals surface area (Å²) in [7, 11) is -1.80. The van der Waals surface area contributed by atoms with Crippen LogP contribution in [-0.2, 0) is 5.75 Å². The van der Waals surface area contributed by atoms with Crippen molar-refractivity contribution in [1.29, 1.82) is 0 Å². The van der Waals surface area contributed by atoms with Crippen molar-refractivity contribution >= 4 is 35.9 Å². The van der Waals surface area contributed by atoms with Crippen LogP contribution in [-0.4, -0.2) is 17.2 Å². The lowest BCUT2D eigenvalue weighted by atomic mass is 9.79. The fourth-order valence-electron chi connectivity index (χ4n) is 1.60. The summed E-state index contributed by atoms with van der Waals surface area (Å²) in [6.45, 7) is 0. The molecule has 2 N–H and O–H groups in total. The van der Waals surface area contributed by atoms with E-state index in [0.29, 0.717) is 10.8 Å². The first kappa shape index (κ1) is 14.4. The van der Waals surface area contributed by atoms with Crippen molar-refractivity contribution in [2.45, 2.75) is 10.6 Å². The molecule has 0 atom stereocenters. The Bertz CT molecular complexity index is 580. The van der Waals surface area contributed by atoms with Gasteiger partial charge >= 0.3 is 7.12 Å². The fraction of sp³-hybridized carbons (Fsp3) is 0.0769. The third kappa shape index (κ3) is 3.98. The Morgan fingerprint density at radius 3 is 2.63 bits per heavy atom. The van der Waals surface area contributed by atoms with E-state index in [1.807, 2.05) is 18.2 Å². The van der Waals surface area contributed by atoms with Crippen LogP contribution in [0.25, 0.3) is 0 Å². The fourth-order valence-corrected chi connectivity index (χ4v) is 2.76. The maximum Gasteiger partial charge on any atom is 0.491 e. The zero-order valence-corrected chi connectivity index (χ0v) is 11.5. The topological polar surface area (TPSA) is 40.5 Å². The number of hydrogen-bond acceptors (Lipinski definition) is 3. The van der Waals surface area contributed by atoms with E-state index in [1.54, 1.807) is 23.9 Å². The van der Waals surface area contributed by atoms with E-state index >= 15 is 0 Å². The van der Waals surface area contributed by atoms with Crippen LogP contribution in [0, 0.1) is 5.82 Å². The van der Waals surface area contributed by atoms with Gasteiger partial charge in [0.25, 0.3) is 0 Å². The lowest BCUT2D eigenvalue weighted by Gasteiger charge is -2.06. The largest absolute Gasteiger partial charge is 0.491 e. The van der Waals surface area contributed by atoms with Crippen LogP contribution in [0.5, 0.6) is 0 Å². The predicted octanol–water partition coefficient (Wildman–Crippen LogP) is 2.45. The maximum absolute atomic E-state index is 13.3. The van der Waals surface area contributed by atoms with Crippen molar-refractivity contribution in [2.75, 3.05) is 0 Å². The normalized spacial score (nSPS) is 10.5. The summed E-state index contributed by atoms with van der Waals surface area (Å²) >= 11 is 7.43. The molecule has 0 amide bonds. The lowest BCUT2D eigenvalue weighted by molar-refractivity contribution is 0.423. The highest BCUT2D eigenvalue weighted by Gasteiger charge is 2.16. The van der Waals surface area contributed by atoms with Gasteiger partial charge in [-0.25, -0.2) is 4.39 Å². The second kappa shape index (κ2) is 6.43. The third-order valence-electron chi connectivity index (χ3n) is 2.54. The van der Waals surface area contributed by atoms with Crippen LogP contribution in [0.4, 0.5) is 4.39 Å². The molecule has 98 valence electrons. The second-order valence-corrected chi connectivity index (χ2v) is 5.46. The minimum absolute atomic E-state index is 0.107. The molecule has 0 aliphatic heterocycles. The highest BCUT2D eigenvalue weighted by molar-refractivity contribution is 7.98. The molecule has 0 saturated carbocycles. The third-order valence-corrected chi connectivity index (χ3v) is 3.84. The molecule has 0 spiro atoms. The minimum Gasteiger partial charge on any atom is -0.423 e. The summed E-state index contributed by atoms with van der Waals surface area (Å²) in [4.78, 5) is 1.00. The summed E-state index contributed by atoms with van der Waals surface area (Å²) in [5.41, 5.74) is 0.707. The lowest BCUT2D eigenvalue weighted by Crippen LogP contribution is -2.32. The molecule has 0 saturated heterocycles. The smallest absolute Gasteiger partial charge is 0.423 e. The van der Waals surface area contributed by atoms with Gasteiger partial charge in [0.05, 0.1) is 0 Å². The van der Waals surface area contributed by atoms with Crippen molar-refractivity contribution in [2.24, 2.45) is 0 Å². The van der Waals surface area contributed by atoms with E-state index in [1.165, 1.54) is 12.1 Å². The van der Waals surface area contributed by atoms with Crippen molar-refractivity contribution in [3.8, 4) is 0 Å². The molecule has 2 nitrogen and oxygen atoms in total. The summed E-state index contributed by atoms with van der Waals surface area (Å²) in [5, 5.41) is 18.7. The average molecular weight is 297 g/mol. The van der Waals surface area contributed by atoms with Crippen LogP contribution < -0.4 is 5.46 Å². The quantitative estimate of drug-likeness (QED) is 0.672. The molecule has 0 unspecified atom stereocenters. The molecule has 0 bridgehead atoms. The first-order chi connectivity index (χ1) is 9.06. The monoisotopic (exact) mass is 296 g/mol. The van der Waals surface area contributed by atoms with Gasteiger partial charge in [-0.15, -0.1) is 11.8 Å². The minimum atomic E-state index is -1.80. The first-order valence-corrected chi connectivity index (χ1v) is 6.95. The maximum atomic E-state index is 13.3. The van der Waals surface area contributed by atoms with Gasteiger partial charge in [-0.05, 0) is 29.8 Å². The van der Waals surface area contributed by atoms with E-state index in [0.717, 1.165) is 10.5 Å². The number of benzene rings is 2. The molecule has 0 fully saturated rings. The Hall–Kier alpha value is -1.01. The van der Waals surface area contributed by atoms with E-state index < -0.39 is 12.9 Å². The molecule has 0 heterocycles. The van der Waals surface area contributed by atoms with E-state index in [-0.39, 0.29) is 5.46 Å². The molecular weight excluding hydrogens is 285 g/mol. The van der Waals surface area contributed by atoms with Crippen molar-refractivity contribution in [3.05, 3.63) is 58.9 Å². The number of rotatable bonds is 4. The Kier molecular flexibility index (Phi) is 4.88. The van der Waals surface area contributed by atoms with Crippen molar-refractivity contribution < 1.29 is 14.4 Å². The Morgan fingerprint density at radius 2 is 1.95 bits per heavy atom. The number of hydrogen-bond donors (Lipinski definition) is 2. The van der Waals surface area contributed by atoms with Gasteiger partial charge in [-0.2, -0.15) is 0 Å². The van der Waals surface area contributed by atoms with Crippen LogP contribution in [0.3, 0.4) is 0 Å². The molecule has 2 rings (SSSR count). The van der Waals surface area contributed by atoms with E-state index in [9.17, 15) is 4.39 Å². The van der Waals surface area contributed by atoms with Gasteiger partial charge in [-0.1, -0.05) is 29.8 Å². The van der Waals surface area contributed by atoms with Gasteiger partial charge in [0.15, 0.2) is 0 Å². The SMILES string of the molecule is OB(O)c1cc(CSc2cccc(Cl)c2)ccc1F. The predicted molar refractivity (Wildman–Crippen MR) is 77.2 cm³/mol. The highest BCUT2D eigenvalue weighted by Crippen LogP contribution is 2.25. The van der Waals surface area contributed by atoms with Gasteiger partial charge in [0.1, 0.15) is 5.82 Å². The molecule has 6 heteroatoms. The Balaban J connectivity index is 2.09. The number of halogens is 2. The Morgan fingerprint density at radius 1 is 1.16 bits per heavy atom. The summed E-state index contributed by atoms with van der Waals surface area (Å²) in [6, 6.07) is 11.8. The average Bonchev–Trinajstić information content (AvgIpc) is 2.37. The van der Waals surface area contributed by atoms with Gasteiger partial charge in [0, 0.05) is 21.1 Å². The number of thioether (sulfide) groups is 1. The second-order valence-electron chi connectivity index (χ2n) is 3.98. The molecule has 0 aliphatic rings. The van der Waals surface area contributed by atoms with Gasteiger partial charge < -0.3 is 10.0 Å². The molecule has 0 radical (unpaired) electrons. The van der Waals surface area contributed by atoms with Crippen molar-refractivity contribution in [1.82, 2.24) is 0 Å². The van der Waals surface area contributed by atoms with Gasteiger partial charge in [-0.3, -0.25) is 0 Å². The zero-order chi connectivity index (χ0) is 13.8. The molecule has 2 aromatic rings. The molecule has 0 aliphatic carbocycles. The van der Waals surface area contributed by atoms with Crippen LogP contribution in [0.2, 0.25) is 5.02 Å². The van der Waals surface area contributed by atoms with Gasteiger partial charge in [0.2, 0.25) is 0 Å². The zero-order valence-electron chi connectivity index (χ0n) is 9.88.